The Morgan fingerprint density at radius 1 is 0.268 bits per heavy atom. The van der Waals surface area contributed by atoms with Crippen molar-refractivity contribution in [2.75, 3.05) is 78.5 Å². The molecule has 0 atom stereocenters. The van der Waals surface area contributed by atoms with E-state index in [4.69, 9.17) is 121 Å². The number of rotatable bonds is 6. The van der Waals surface area contributed by atoms with Crippen LogP contribution in [0.3, 0.4) is 0 Å². The third-order valence-electron chi connectivity index (χ3n) is 0.750. The maximum Gasteiger partial charge on any atom is 3.00 e. The Morgan fingerprint density at radius 3 is 0.293 bits per heavy atom. The van der Waals surface area contributed by atoms with Crippen LogP contribution < -0.4 is 0 Å². The summed E-state index contributed by atoms with van der Waals surface area (Å²) in [6.45, 7) is 2.83. The van der Waals surface area contributed by atoms with Crippen molar-refractivity contribution in [2.45, 2.75) is 0 Å². The van der Waals surface area contributed by atoms with Crippen molar-refractivity contribution in [1.29, 1.82) is 0 Å². The maximum atomic E-state index is 8.52. The van der Waals surface area contributed by atoms with E-state index < -0.39 is 31.2 Å². The molecule has 0 saturated heterocycles. The molecule has 0 fully saturated rings. The molecule has 0 rings (SSSR count). The van der Waals surface area contributed by atoms with Gasteiger partial charge in [-0.25, -0.2) is 0 Å². The Morgan fingerprint density at radius 2 is 0.293 bits per heavy atom. The van der Waals surface area contributed by atoms with Gasteiger partial charge in [-0.1, -0.05) is 0 Å². The molecular weight excluding hydrogens is 704 g/mol. The van der Waals surface area contributed by atoms with Gasteiger partial charge in [0.25, 0.3) is 0 Å². The smallest absolute Gasteiger partial charge is 0.759 e. The summed E-state index contributed by atoms with van der Waals surface area (Å²) in [7, 11) is -15.5. The van der Waals surface area contributed by atoms with Gasteiger partial charge in [-0.05, 0) is 0 Å². The Kier molecular flexibility index (Phi) is 121. The van der Waals surface area contributed by atoms with Crippen molar-refractivity contribution in [3.63, 3.8) is 0 Å². The van der Waals surface area contributed by atoms with Gasteiger partial charge in [0, 0.05) is 31.2 Å². The van der Waals surface area contributed by atoms with E-state index in [1.165, 1.54) is 0 Å². The fourth-order valence-electron chi connectivity index (χ4n) is 0. The van der Waals surface area contributed by atoms with Crippen molar-refractivity contribution >= 4 is 31.2 Å². The van der Waals surface area contributed by atoms with E-state index in [0.717, 1.165) is 0 Å². The summed E-state index contributed by atoms with van der Waals surface area (Å²) < 4.78 is 102. The van der Waals surface area contributed by atoms with Crippen LogP contribution in [0.25, 0.3) is 68.8 Å². The van der Waals surface area contributed by atoms with E-state index in [1.807, 2.05) is 0 Å². The maximum absolute atomic E-state index is 8.52. The summed E-state index contributed by atoms with van der Waals surface area (Å²) >= 11 is 0. The zero-order chi connectivity index (χ0) is 34.0. The van der Waals surface area contributed by atoms with Gasteiger partial charge < -0.3 is 96.1 Å². The van der Waals surface area contributed by atoms with Gasteiger partial charge in [-0.2, -0.15) is 78.5 Å². The van der Waals surface area contributed by atoms with E-state index in [0.29, 0.717) is 0 Å². The molecule has 0 aliphatic carbocycles. The molecule has 0 amide bonds. The van der Waals surface area contributed by atoms with E-state index >= 15 is 0 Å². The minimum absolute atomic E-state index is 0. The molecule has 0 aliphatic rings. The molecule has 24 nitrogen and oxygen atoms in total. The first kappa shape index (κ1) is 73.0. The summed E-state index contributed by atoms with van der Waals surface area (Å²) in [6.07, 6.45) is 0. The first-order chi connectivity index (χ1) is 17.5. The molecule has 0 aliphatic heterocycles. The third-order valence-corrected chi connectivity index (χ3v) is 0.750. The van der Waals surface area contributed by atoms with Gasteiger partial charge in [-0.3, -0.25) is 25.3 Å². The molecule has 0 saturated carbocycles. The number of hydrogen-bond donors (Lipinski definition) is 0. The molecule has 0 bridgehead atoms. The Bertz CT molecular complexity index is 532. The van der Waals surface area contributed by atoms with Gasteiger partial charge in [0.05, 0.1) is 0 Å². The van der Waals surface area contributed by atoms with E-state index in [9.17, 15) is 0 Å². The van der Waals surface area contributed by atoms with Crippen LogP contribution in [0.15, 0.2) is 0 Å². The average Bonchev–Trinajstić information content (AvgIpc) is 2.81. The van der Waals surface area contributed by atoms with Crippen LogP contribution >= 0.6 is 0 Å². The predicted molar refractivity (Wildman–Crippen MR) is 142 cm³/mol. The standard InChI is InChI=1S/6C2H6N2.2Cr.3H2O4S/c6*3-1-2-4;;;3*1-5(2,3)4/h6*3-4H,1-2H2;;;3*(H2,1,2,3,4)/q6*-2;2*+3;;;/p-6. The largest absolute Gasteiger partial charge is 3.00 e. The number of nitrogens with one attached hydrogen (secondary N) is 12. The normalized spacial score (nSPS) is 8.63. The van der Waals surface area contributed by atoms with E-state index in [-0.39, 0.29) is 113 Å². The second-order valence-electron chi connectivity index (χ2n) is 4.22. The van der Waals surface area contributed by atoms with Crippen molar-refractivity contribution in [1.82, 2.24) is 0 Å². The molecule has 41 heavy (non-hydrogen) atoms. The van der Waals surface area contributed by atoms with Crippen molar-refractivity contribution in [2.24, 2.45) is 0 Å². The van der Waals surface area contributed by atoms with Crippen LogP contribution in [0, 0.1) is 0 Å². The summed E-state index contributed by atoms with van der Waals surface area (Å²) in [4.78, 5) is 0. The zero-order valence-corrected chi connectivity index (χ0v) is 26.4. The fraction of sp³-hybridized carbons (Fsp3) is 1.00. The van der Waals surface area contributed by atoms with Crippen LogP contribution in [0.2, 0.25) is 0 Å². The molecule has 0 spiro atoms. The third kappa shape index (κ3) is 1530. The van der Waals surface area contributed by atoms with Crippen molar-refractivity contribution in [3.05, 3.63) is 68.8 Å². The average molecular weight is 741 g/mol. The predicted octanol–water partition coefficient (Wildman–Crippen LogP) is 2.53. The SMILES string of the molecule is O=S(=O)([O-])[O-].O=S(=O)([O-])[O-].O=S(=O)([O-])[O-].[Cr+3].[Cr+3].[NH-]CC[NH-].[NH-]CC[NH-].[NH-]CC[NH-].[NH-]CC[NH-].[NH-]CC[NH-].[NH-]CC[NH-]. The first-order valence-corrected chi connectivity index (χ1v) is 13.2. The van der Waals surface area contributed by atoms with Crippen molar-refractivity contribution in [3.8, 4) is 0 Å². The Hall–Kier alpha value is 0.195. The molecule has 2 radical (unpaired) electrons. The fourth-order valence-corrected chi connectivity index (χ4v) is 0. The van der Waals surface area contributed by atoms with Gasteiger partial charge in [-0.15, -0.1) is 0 Å². The molecule has 0 aromatic carbocycles. The Labute approximate surface area is 265 Å². The summed E-state index contributed by atoms with van der Waals surface area (Å²) in [6, 6.07) is 0. The Balaban J connectivity index is -0.0000000273. The molecule has 0 heterocycles. The van der Waals surface area contributed by atoms with Gasteiger partial charge in [0.15, 0.2) is 0 Å². The van der Waals surface area contributed by atoms with E-state index in [1.54, 1.807) is 0 Å². The van der Waals surface area contributed by atoms with Gasteiger partial charge in [0.1, 0.15) is 0 Å². The summed E-state index contributed by atoms with van der Waals surface area (Å²) in [5.41, 5.74) is 75.2. The molecule has 0 aromatic rings. The van der Waals surface area contributed by atoms with Crippen LogP contribution in [-0.4, -0.2) is 131 Å². The van der Waals surface area contributed by atoms with Crippen LogP contribution in [0.4, 0.5) is 0 Å². The second-order valence-corrected chi connectivity index (χ2v) is 6.67. The van der Waals surface area contributed by atoms with Gasteiger partial charge in [0.2, 0.25) is 0 Å². The van der Waals surface area contributed by atoms with E-state index in [2.05, 4.69) is 0 Å². The van der Waals surface area contributed by atoms with Crippen LogP contribution in [0.5, 0.6) is 0 Å². The first-order valence-electron chi connectivity index (χ1n) is 9.24. The molecular formula is C12H36Cr2N12O12S3-12. The van der Waals surface area contributed by atoms with Gasteiger partial charge >= 0.3 is 34.7 Å². The van der Waals surface area contributed by atoms with Crippen LogP contribution in [0.1, 0.15) is 0 Å². The topological polar surface area (TPSA) is 526 Å². The zero-order valence-electron chi connectivity index (χ0n) is 21.4. The molecule has 0 aromatic heterocycles. The minimum Gasteiger partial charge on any atom is -0.759 e. The summed E-state index contributed by atoms with van der Waals surface area (Å²) in [5, 5.41) is 0. The van der Waals surface area contributed by atoms with Crippen LogP contribution in [-0.2, 0) is 65.9 Å². The summed E-state index contributed by atoms with van der Waals surface area (Å²) in [5.74, 6) is 0. The number of hydrogen-bond acceptors (Lipinski definition) is 12. The second kappa shape index (κ2) is 67.7. The van der Waals surface area contributed by atoms with Crippen molar-refractivity contribution < 1.29 is 87.3 Å². The minimum atomic E-state index is -5.17. The molecule has 12 N–H and O–H groups in total. The quantitative estimate of drug-likeness (QED) is 0.280. The molecule has 29 heteroatoms. The monoisotopic (exact) mass is 740 g/mol. The molecule has 258 valence electrons. The molecule has 0 unspecified atom stereocenters.